The van der Waals surface area contributed by atoms with Crippen LogP contribution in [0.25, 0.3) is 10.9 Å². The molecule has 1 aromatic heterocycles. The first-order chi connectivity index (χ1) is 7.72. The van der Waals surface area contributed by atoms with Crippen molar-refractivity contribution in [2.45, 2.75) is 6.42 Å². The molecule has 0 fully saturated rings. The highest BCUT2D eigenvalue weighted by molar-refractivity contribution is 6.36. The minimum Gasteiger partial charge on any atom is -0.319 e. The SMILES string of the molecule is CNCCc1ccc2nc(Cl)ccc2c1Cl. The van der Waals surface area contributed by atoms with Gasteiger partial charge in [-0.15, -0.1) is 0 Å². The maximum absolute atomic E-state index is 6.32. The zero-order valence-electron chi connectivity index (χ0n) is 8.93. The minimum absolute atomic E-state index is 0.492. The van der Waals surface area contributed by atoms with Gasteiger partial charge in [-0.25, -0.2) is 4.98 Å². The van der Waals surface area contributed by atoms with Crippen molar-refractivity contribution in [2.24, 2.45) is 0 Å². The van der Waals surface area contributed by atoms with Crippen LogP contribution in [0, 0.1) is 0 Å². The number of pyridine rings is 1. The molecular weight excluding hydrogens is 243 g/mol. The van der Waals surface area contributed by atoms with E-state index in [0.29, 0.717) is 5.15 Å². The van der Waals surface area contributed by atoms with Crippen LogP contribution in [-0.4, -0.2) is 18.6 Å². The Balaban J connectivity index is 2.48. The van der Waals surface area contributed by atoms with Crippen molar-refractivity contribution >= 4 is 34.1 Å². The number of benzene rings is 1. The van der Waals surface area contributed by atoms with Crippen LogP contribution >= 0.6 is 23.2 Å². The maximum Gasteiger partial charge on any atom is 0.129 e. The number of nitrogens with zero attached hydrogens (tertiary/aromatic N) is 1. The lowest BCUT2D eigenvalue weighted by molar-refractivity contribution is 0.792. The Morgan fingerprint density at radius 3 is 2.75 bits per heavy atom. The summed E-state index contributed by atoms with van der Waals surface area (Å²) in [6.45, 7) is 0.909. The standard InChI is InChI=1S/C12H12Cl2N2/c1-15-7-6-8-2-4-10-9(12(8)14)3-5-11(13)16-10/h2-5,15H,6-7H2,1H3. The van der Waals surface area contributed by atoms with Gasteiger partial charge in [0.1, 0.15) is 5.15 Å². The predicted molar refractivity (Wildman–Crippen MR) is 69.4 cm³/mol. The van der Waals surface area contributed by atoms with Gasteiger partial charge in [0.15, 0.2) is 0 Å². The largest absolute Gasteiger partial charge is 0.319 e. The second kappa shape index (κ2) is 5.00. The molecule has 0 aliphatic rings. The smallest absolute Gasteiger partial charge is 0.129 e. The summed E-state index contributed by atoms with van der Waals surface area (Å²) in [5.41, 5.74) is 1.97. The molecule has 2 nitrogen and oxygen atoms in total. The summed E-state index contributed by atoms with van der Waals surface area (Å²) in [6, 6.07) is 7.64. The molecule has 84 valence electrons. The number of rotatable bonds is 3. The number of halogens is 2. The zero-order valence-corrected chi connectivity index (χ0v) is 10.4. The monoisotopic (exact) mass is 254 g/mol. The van der Waals surface area contributed by atoms with E-state index in [-0.39, 0.29) is 0 Å². The van der Waals surface area contributed by atoms with Crippen molar-refractivity contribution in [2.75, 3.05) is 13.6 Å². The number of hydrogen-bond donors (Lipinski definition) is 1. The number of nitrogens with one attached hydrogen (secondary N) is 1. The molecule has 1 N–H and O–H groups in total. The molecule has 0 aliphatic carbocycles. The first-order valence-electron chi connectivity index (χ1n) is 5.10. The number of fused-ring (bicyclic) bond motifs is 1. The lowest BCUT2D eigenvalue weighted by atomic mass is 10.1. The Morgan fingerprint density at radius 2 is 2.00 bits per heavy atom. The molecule has 0 amide bonds. The fourth-order valence-electron chi connectivity index (χ4n) is 1.64. The van der Waals surface area contributed by atoms with Crippen molar-refractivity contribution in [1.29, 1.82) is 0 Å². The van der Waals surface area contributed by atoms with Crippen LogP contribution < -0.4 is 5.32 Å². The van der Waals surface area contributed by atoms with Crippen LogP contribution in [0.15, 0.2) is 24.3 Å². The maximum atomic E-state index is 6.32. The number of likely N-dealkylation sites (N-methyl/N-ethyl adjacent to an activating group) is 1. The second-order valence-electron chi connectivity index (χ2n) is 3.59. The topological polar surface area (TPSA) is 24.9 Å². The van der Waals surface area contributed by atoms with Crippen LogP contribution in [0.1, 0.15) is 5.56 Å². The van der Waals surface area contributed by atoms with Gasteiger partial charge in [0.25, 0.3) is 0 Å². The lowest BCUT2D eigenvalue weighted by Crippen LogP contribution is -2.10. The predicted octanol–water partition coefficient (Wildman–Crippen LogP) is 3.30. The molecule has 0 saturated carbocycles. The molecule has 16 heavy (non-hydrogen) atoms. The van der Waals surface area contributed by atoms with Crippen LogP contribution in [0.4, 0.5) is 0 Å². The first-order valence-corrected chi connectivity index (χ1v) is 5.86. The molecule has 0 bridgehead atoms. The van der Waals surface area contributed by atoms with Gasteiger partial charge in [-0.2, -0.15) is 0 Å². The van der Waals surface area contributed by atoms with E-state index in [4.69, 9.17) is 23.2 Å². The molecular formula is C12H12Cl2N2. The van der Waals surface area contributed by atoms with Crippen molar-refractivity contribution in [1.82, 2.24) is 10.3 Å². The zero-order chi connectivity index (χ0) is 11.5. The molecule has 4 heteroatoms. The third-order valence-electron chi connectivity index (χ3n) is 2.50. The van der Waals surface area contributed by atoms with Crippen molar-refractivity contribution in [3.63, 3.8) is 0 Å². The number of aromatic nitrogens is 1. The van der Waals surface area contributed by atoms with E-state index < -0.39 is 0 Å². The highest BCUT2D eigenvalue weighted by atomic mass is 35.5. The van der Waals surface area contributed by atoms with E-state index in [1.54, 1.807) is 6.07 Å². The lowest BCUT2D eigenvalue weighted by Gasteiger charge is -2.07. The Bertz CT molecular complexity index is 512. The van der Waals surface area contributed by atoms with Crippen molar-refractivity contribution in [3.05, 3.63) is 40.0 Å². The van der Waals surface area contributed by atoms with Crippen molar-refractivity contribution < 1.29 is 0 Å². The third kappa shape index (κ3) is 2.29. The molecule has 0 radical (unpaired) electrons. The van der Waals surface area contributed by atoms with Crippen LogP contribution in [-0.2, 0) is 6.42 Å². The van der Waals surface area contributed by atoms with Crippen LogP contribution in [0.3, 0.4) is 0 Å². The average Bonchev–Trinajstić information content (AvgIpc) is 2.28. The number of hydrogen-bond acceptors (Lipinski definition) is 2. The Labute approximate surface area is 105 Å². The fraction of sp³-hybridized carbons (Fsp3) is 0.250. The summed E-state index contributed by atoms with van der Waals surface area (Å²) in [5.74, 6) is 0. The Hall–Kier alpha value is -0.830. The van der Waals surface area contributed by atoms with E-state index in [1.165, 1.54) is 0 Å². The molecule has 0 spiro atoms. The molecule has 2 aromatic rings. The molecule has 0 atom stereocenters. The molecule has 1 heterocycles. The summed E-state index contributed by atoms with van der Waals surface area (Å²) in [5, 5.41) is 5.33. The second-order valence-corrected chi connectivity index (χ2v) is 4.36. The van der Waals surface area contributed by atoms with E-state index in [9.17, 15) is 0 Å². The van der Waals surface area contributed by atoms with E-state index in [2.05, 4.69) is 10.3 Å². The highest BCUT2D eigenvalue weighted by Gasteiger charge is 2.06. The van der Waals surface area contributed by atoms with Gasteiger partial charge in [-0.05, 0) is 43.8 Å². The van der Waals surface area contributed by atoms with Gasteiger partial charge in [-0.1, -0.05) is 29.3 Å². The average molecular weight is 255 g/mol. The normalized spacial score (nSPS) is 10.9. The quantitative estimate of drug-likeness (QED) is 0.851. The fourth-order valence-corrected chi connectivity index (χ4v) is 2.11. The molecule has 1 aromatic carbocycles. The first kappa shape index (κ1) is 11.6. The Morgan fingerprint density at radius 1 is 1.19 bits per heavy atom. The van der Waals surface area contributed by atoms with Crippen molar-refractivity contribution in [3.8, 4) is 0 Å². The van der Waals surface area contributed by atoms with Crippen LogP contribution in [0.2, 0.25) is 10.2 Å². The van der Waals surface area contributed by atoms with E-state index >= 15 is 0 Å². The van der Waals surface area contributed by atoms with Gasteiger partial charge < -0.3 is 5.32 Å². The van der Waals surface area contributed by atoms with E-state index in [1.807, 2.05) is 25.2 Å². The summed E-state index contributed by atoms with van der Waals surface area (Å²) in [4.78, 5) is 4.22. The van der Waals surface area contributed by atoms with Crippen LogP contribution in [0.5, 0.6) is 0 Å². The van der Waals surface area contributed by atoms with Gasteiger partial charge in [0.05, 0.1) is 10.5 Å². The van der Waals surface area contributed by atoms with Gasteiger partial charge in [-0.3, -0.25) is 0 Å². The van der Waals surface area contributed by atoms with E-state index in [0.717, 1.165) is 34.5 Å². The summed E-state index contributed by atoms with van der Waals surface area (Å²) >= 11 is 12.1. The molecule has 0 unspecified atom stereocenters. The minimum atomic E-state index is 0.492. The molecule has 2 rings (SSSR count). The highest BCUT2D eigenvalue weighted by Crippen LogP contribution is 2.27. The molecule has 0 aliphatic heterocycles. The summed E-state index contributed by atoms with van der Waals surface area (Å²) < 4.78 is 0. The third-order valence-corrected chi connectivity index (χ3v) is 3.15. The van der Waals surface area contributed by atoms with Gasteiger partial charge >= 0.3 is 0 Å². The molecule has 0 saturated heterocycles. The Kier molecular flexibility index (Phi) is 3.64. The van der Waals surface area contributed by atoms with Gasteiger partial charge in [0.2, 0.25) is 0 Å². The summed E-state index contributed by atoms with van der Waals surface area (Å²) in [7, 11) is 1.93. The summed E-state index contributed by atoms with van der Waals surface area (Å²) in [6.07, 6.45) is 0.911. The van der Waals surface area contributed by atoms with Gasteiger partial charge in [0, 0.05) is 5.39 Å².